The van der Waals surface area contributed by atoms with E-state index in [9.17, 15) is 0 Å². The van der Waals surface area contributed by atoms with Crippen LogP contribution in [-0.2, 0) is 9.47 Å². The van der Waals surface area contributed by atoms with Gasteiger partial charge in [0.05, 0.1) is 19.3 Å². The molecule has 0 aromatic heterocycles. The van der Waals surface area contributed by atoms with Gasteiger partial charge < -0.3 is 9.47 Å². The van der Waals surface area contributed by atoms with Gasteiger partial charge in [0.1, 0.15) is 0 Å². The highest BCUT2D eigenvalue weighted by Gasteiger charge is 2.58. The summed E-state index contributed by atoms with van der Waals surface area (Å²) in [5, 5.41) is 0. The molecule has 0 N–H and O–H groups in total. The van der Waals surface area contributed by atoms with Crippen LogP contribution < -0.4 is 0 Å². The Morgan fingerprint density at radius 2 is 1.86 bits per heavy atom. The third-order valence-electron chi connectivity index (χ3n) is 4.79. The zero-order chi connectivity index (χ0) is 9.71. The van der Waals surface area contributed by atoms with Crippen molar-refractivity contribution in [2.75, 3.05) is 19.8 Å². The van der Waals surface area contributed by atoms with Crippen LogP contribution in [0.15, 0.2) is 0 Å². The molecule has 2 saturated carbocycles. The predicted molar refractivity (Wildman–Crippen MR) is 54.0 cm³/mol. The minimum atomic E-state index is 0.535. The molecule has 1 heterocycles. The van der Waals surface area contributed by atoms with Gasteiger partial charge in [-0.15, -0.1) is 0 Å². The summed E-state index contributed by atoms with van der Waals surface area (Å²) in [5.74, 6) is 4.16. The monoisotopic (exact) mass is 196 g/mol. The SMILES string of the molecule is CCOC1C(C)C2CC1C1COCC21. The Bertz CT molecular complexity index is 228. The van der Waals surface area contributed by atoms with E-state index in [-0.39, 0.29) is 0 Å². The highest BCUT2D eigenvalue weighted by Crippen LogP contribution is 2.58. The molecule has 3 aliphatic rings. The van der Waals surface area contributed by atoms with E-state index < -0.39 is 0 Å². The first-order chi connectivity index (χ1) is 6.83. The molecule has 2 heteroatoms. The first kappa shape index (κ1) is 9.17. The van der Waals surface area contributed by atoms with Crippen LogP contribution in [0.4, 0.5) is 0 Å². The average Bonchev–Trinajstić information content (AvgIpc) is 2.78. The van der Waals surface area contributed by atoms with Crippen molar-refractivity contribution in [3.63, 3.8) is 0 Å². The van der Waals surface area contributed by atoms with Crippen molar-refractivity contribution in [3.8, 4) is 0 Å². The van der Waals surface area contributed by atoms with Crippen LogP contribution in [0.2, 0.25) is 0 Å². The zero-order valence-electron chi connectivity index (χ0n) is 9.11. The van der Waals surface area contributed by atoms with Crippen LogP contribution in [0.3, 0.4) is 0 Å². The fraction of sp³-hybridized carbons (Fsp3) is 1.00. The second-order valence-electron chi connectivity index (χ2n) is 5.21. The van der Waals surface area contributed by atoms with Crippen LogP contribution in [0, 0.1) is 29.6 Å². The van der Waals surface area contributed by atoms with Crippen molar-refractivity contribution >= 4 is 0 Å². The van der Waals surface area contributed by atoms with Crippen LogP contribution in [0.5, 0.6) is 0 Å². The molecule has 0 amide bonds. The molecule has 3 fully saturated rings. The van der Waals surface area contributed by atoms with Crippen molar-refractivity contribution in [2.45, 2.75) is 26.4 Å². The number of hydrogen-bond donors (Lipinski definition) is 0. The summed E-state index contributed by atoms with van der Waals surface area (Å²) in [5.41, 5.74) is 0. The lowest BCUT2D eigenvalue weighted by Gasteiger charge is -2.35. The Balaban J connectivity index is 1.80. The van der Waals surface area contributed by atoms with Crippen molar-refractivity contribution in [1.29, 1.82) is 0 Å². The molecule has 14 heavy (non-hydrogen) atoms. The lowest BCUT2D eigenvalue weighted by molar-refractivity contribution is -0.0339. The summed E-state index contributed by atoms with van der Waals surface area (Å²) in [4.78, 5) is 0. The van der Waals surface area contributed by atoms with Gasteiger partial charge in [0, 0.05) is 6.61 Å². The molecule has 6 unspecified atom stereocenters. The topological polar surface area (TPSA) is 18.5 Å². The summed E-state index contributed by atoms with van der Waals surface area (Å²) < 4.78 is 11.5. The smallest absolute Gasteiger partial charge is 0.0635 e. The van der Waals surface area contributed by atoms with Gasteiger partial charge in [-0.3, -0.25) is 0 Å². The van der Waals surface area contributed by atoms with Gasteiger partial charge >= 0.3 is 0 Å². The fourth-order valence-corrected chi connectivity index (χ4v) is 4.22. The van der Waals surface area contributed by atoms with Crippen LogP contribution in [-0.4, -0.2) is 25.9 Å². The molecule has 6 atom stereocenters. The van der Waals surface area contributed by atoms with Crippen molar-refractivity contribution in [1.82, 2.24) is 0 Å². The maximum absolute atomic E-state index is 5.90. The van der Waals surface area contributed by atoms with Gasteiger partial charge in [-0.1, -0.05) is 6.92 Å². The molecule has 2 bridgehead atoms. The lowest BCUT2D eigenvalue weighted by atomic mass is 9.75. The Morgan fingerprint density at radius 3 is 2.57 bits per heavy atom. The van der Waals surface area contributed by atoms with Crippen molar-refractivity contribution in [3.05, 3.63) is 0 Å². The average molecular weight is 196 g/mol. The number of ether oxygens (including phenoxy) is 2. The van der Waals surface area contributed by atoms with Crippen LogP contribution in [0.25, 0.3) is 0 Å². The maximum Gasteiger partial charge on any atom is 0.0635 e. The van der Waals surface area contributed by atoms with E-state index in [1.54, 1.807) is 0 Å². The third kappa shape index (κ3) is 1.04. The van der Waals surface area contributed by atoms with Gasteiger partial charge in [-0.25, -0.2) is 0 Å². The highest BCUT2D eigenvalue weighted by atomic mass is 16.5. The van der Waals surface area contributed by atoms with Gasteiger partial charge in [-0.05, 0) is 42.9 Å². The number of rotatable bonds is 2. The predicted octanol–water partition coefficient (Wildman–Crippen LogP) is 1.94. The second-order valence-corrected chi connectivity index (χ2v) is 5.21. The largest absolute Gasteiger partial charge is 0.381 e. The van der Waals surface area contributed by atoms with Crippen molar-refractivity contribution < 1.29 is 9.47 Å². The maximum atomic E-state index is 5.90. The molecule has 0 radical (unpaired) electrons. The Kier molecular flexibility index (Phi) is 2.10. The molecule has 2 aliphatic carbocycles. The van der Waals surface area contributed by atoms with Crippen LogP contribution >= 0.6 is 0 Å². The van der Waals surface area contributed by atoms with E-state index in [0.717, 1.165) is 49.4 Å². The van der Waals surface area contributed by atoms with E-state index in [4.69, 9.17) is 9.47 Å². The summed E-state index contributed by atoms with van der Waals surface area (Å²) in [7, 11) is 0. The van der Waals surface area contributed by atoms with E-state index in [1.807, 2.05) is 0 Å². The van der Waals surface area contributed by atoms with Gasteiger partial charge in [0.2, 0.25) is 0 Å². The standard InChI is InChI=1S/C12H20O2/c1-3-14-12-7(2)8-4-9(12)11-6-13-5-10(8)11/h7-12H,3-6H2,1-2H3. The third-order valence-corrected chi connectivity index (χ3v) is 4.79. The summed E-state index contributed by atoms with van der Waals surface area (Å²) >= 11 is 0. The first-order valence-electron chi connectivity index (χ1n) is 6.02. The van der Waals surface area contributed by atoms with E-state index in [0.29, 0.717) is 6.10 Å². The van der Waals surface area contributed by atoms with E-state index in [1.165, 1.54) is 6.42 Å². The minimum absolute atomic E-state index is 0.535. The zero-order valence-corrected chi connectivity index (χ0v) is 9.11. The molecular weight excluding hydrogens is 176 g/mol. The fourth-order valence-electron chi connectivity index (χ4n) is 4.22. The molecule has 0 spiro atoms. The second kappa shape index (κ2) is 3.21. The first-order valence-corrected chi connectivity index (χ1v) is 6.02. The molecule has 80 valence electrons. The summed E-state index contributed by atoms with van der Waals surface area (Å²) in [6.07, 6.45) is 1.94. The molecule has 0 aromatic rings. The van der Waals surface area contributed by atoms with Crippen molar-refractivity contribution in [2.24, 2.45) is 29.6 Å². The molecule has 1 saturated heterocycles. The van der Waals surface area contributed by atoms with E-state index in [2.05, 4.69) is 13.8 Å². The molecule has 0 aromatic carbocycles. The molecule has 1 aliphatic heterocycles. The van der Waals surface area contributed by atoms with Crippen LogP contribution in [0.1, 0.15) is 20.3 Å². The molecule has 2 nitrogen and oxygen atoms in total. The van der Waals surface area contributed by atoms with Gasteiger partial charge in [0.15, 0.2) is 0 Å². The Labute approximate surface area is 86.0 Å². The molecular formula is C12H20O2. The normalized spacial score (nSPS) is 55.3. The minimum Gasteiger partial charge on any atom is -0.381 e. The quantitative estimate of drug-likeness (QED) is 0.672. The highest BCUT2D eigenvalue weighted by molar-refractivity contribution is 5.06. The summed E-state index contributed by atoms with van der Waals surface area (Å²) in [6.45, 7) is 7.38. The Morgan fingerprint density at radius 1 is 1.14 bits per heavy atom. The van der Waals surface area contributed by atoms with Gasteiger partial charge in [0.25, 0.3) is 0 Å². The van der Waals surface area contributed by atoms with Gasteiger partial charge in [-0.2, -0.15) is 0 Å². The Hall–Kier alpha value is -0.0800. The summed E-state index contributed by atoms with van der Waals surface area (Å²) in [6, 6.07) is 0. The molecule has 3 rings (SSSR count). The number of hydrogen-bond acceptors (Lipinski definition) is 2. The lowest BCUT2D eigenvalue weighted by Crippen LogP contribution is -2.38. The number of fused-ring (bicyclic) bond motifs is 5. The van der Waals surface area contributed by atoms with E-state index >= 15 is 0 Å².